The summed E-state index contributed by atoms with van der Waals surface area (Å²) < 4.78 is 0. The van der Waals surface area contributed by atoms with E-state index in [1.807, 2.05) is 69.2 Å². The normalized spacial score (nSPS) is 17.2. The van der Waals surface area contributed by atoms with Gasteiger partial charge in [-0.2, -0.15) is 0 Å². The number of aliphatic hydroxyl groups excluding tert-OH is 1. The van der Waals surface area contributed by atoms with E-state index < -0.39 is 17.7 Å². The lowest BCUT2D eigenvalue weighted by Gasteiger charge is -2.24. The fourth-order valence-corrected chi connectivity index (χ4v) is 5.24. The van der Waals surface area contributed by atoms with Gasteiger partial charge in [-0.15, -0.1) is 0 Å². The lowest BCUT2D eigenvalue weighted by molar-refractivity contribution is -0.132. The molecule has 7 nitrogen and oxygen atoms in total. The second-order valence-corrected chi connectivity index (χ2v) is 9.92. The maximum atomic E-state index is 13.4. The summed E-state index contributed by atoms with van der Waals surface area (Å²) in [7, 11) is 3.84. The van der Waals surface area contributed by atoms with Crippen LogP contribution in [0.15, 0.2) is 48.0 Å². The zero-order chi connectivity index (χ0) is 25.6. The van der Waals surface area contributed by atoms with E-state index in [1.165, 1.54) is 11.8 Å². The first-order valence-electron chi connectivity index (χ1n) is 11.2. The topological polar surface area (TPSA) is 90.8 Å². The van der Waals surface area contributed by atoms with Crippen molar-refractivity contribution in [2.24, 2.45) is 0 Å². The zero-order valence-electron chi connectivity index (χ0n) is 20.5. The number of ketones is 2. The molecular weight excluding hydrogens is 462 g/mol. The van der Waals surface area contributed by atoms with Gasteiger partial charge in [0, 0.05) is 32.3 Å². The molecule has 0 saturated carbocycles. The average molecular weight is 490 g/mol. The molecule has 1 aromatic heterocycles. The van der Waals surface area contributed by atoms with Crippen molar-refractivity contribution >= 4 is 45.4 Å². The van der Waals surface area contributed by atoms with E-state index in [9.17, 15) is 19.5 Å². The summed E-state index contributed by atoms with van der Waals surface area (Å²) in [4.78, 5) is 46.9. The molecule has 1 fully saturated rings. The van der Waals surface area contributed by atoms with E-state index in [4.69, 9.17) is 0 Å². The smallest absolute Gasteiger partial charge is 0.301 e. The number of aromatic nitrogens is 1. The van der Waals surface area contributed by atoms with Crippen LogP contribution >= 0.6 is 11.3 Å². The van der Waals surface area contributed by atoms with Crippen LogP contribution in [0.2, 0.25) is 0 Å². The molecule has 0 aliphatic carbocycles. The van der Waals surface area contributed by atoms with Crippen molar-refractivity contribution in [1.82, 2.24) is 4.98 Å². The van der Waals surface area contributed by atoms with Gasteiger partial charge in [0.2, 0.25) is 0 Å². The Morgan fingerprint density at radius 3 is 2.29 bits per heavy atom. The van der Waals surface area contributed by atoms with E-state index in [0.29, 0.717) is 21.7 Å². The molecule has 0 bridgehead atoms. The van der Waals surface area contributed by atoms with Crippen LogP contribution in [0.4, 0.5) is 10.8 Å². The number of amides is 1. The van der Waals surface area contributed by atoms with E-state index in [2.05, 4.69) is 4.98 Å². The number of Topliss-reactive ketones (excluding diaryl/α,β-unsaturated/α-hetero) is 2. The first kappa shape index (κ1) is 24.3. The van der Waals surface area contributed by atoms with Crippen LogP contribution < -0.4 is 9.80 Å². The van der Waals surface area contributed by atoms with Crippen molar-refractivity contribution in [1.29, 1.82) is 0 Å². The molecule has 4 rings (SSSR count). The Kier molecular flexibility index (Phi) is 6.34. The second kappa shape index (κ2) is 9.11. The van der Waals surface area contributed by atoms with E-state index in [-0.39, 0.29) is 22.2 Å². The molecule has 1 N–H and O–H groups in total. The van der Waals surface area contributed by atoms with Gasteiger partial charge in [-0.25, -0.2) is 4.98 Å². The highest BCUT2D eigenvalue weighted by atomic mass is 32.1. The number of carbonyl (C=O) groups excluding carboxylic acids is 3. The molecule has 0 radical (unpaired) electrons. The van der Waals surface area contributed by atoms with Crippen LogP contribution in [0.5, 0.6) is 0 Å². The largest absolute Gasteiger partial charge is 0.507 e. The molecule has 1 amide bonds. The number of rotatable bonds is 5. The van der Waals surface area contributed by atoms with Gasteiger partial charge in [-0.1, -0.05) is 41.2 Å². The molecule has 1 aliphatic heterocycles. The number of benzene rings is 2. The monoisotopic (exact) mass is 489 g/mol. The Balaban J connectivity index is 1.97. The maximum absolute atomic E-state index is 13.4. The third-order valence-corrected chi connectivity index (χ3v) is 7.39. The van der Waals surface area contributed by atoms with Crippen LogP contribution in [-0.2, 0) is 9.59 Å². The number of aliphatic hydroxyl groups is 1. The summed E-state index contributed by atoms with van der Waals surface area (Å²) in [6, 6.07) is 12.1. The van der Waals surface area contributed by atoms with Gasteiger partial charge in [0.1, 0.15) is 5.76 Å². The molecule has 8 heteroatoms. The van der Waals surface area contributed by atoms with Crippen LogP contribution in [0.3, 0.4) is 0 Å². The molecule has 1 atom stereocenters. The number of thiazole rings is 1. The summed E-state index contributed by atoms with van der Waals surface area (Å²) in [5.74, 6) is -1.97. The van der Waals surface area contributed by atoms with Gasteiger partial charge in [0.05, 0.1) is 22.2 Å². The van der Waals surface area contributed by atoms with Crippen LogP contribution in [0.1, 0.15) is 50.6 Å². The van der Waals surface area contributed by atoms with Crippen LogP contribution in [0.25, 0.3) is 5.76 Å². The van der Waals surface area contributed by atoms with Gasteiger partial charge in [-0.3, -0.25) is 19.3 Å². The van der Waals surface area contributed by atoms with Crippen molar-refractivity contribution in [3.63, 3.8) is 0 Å². The zero-order valence-corrected chi connectivity index (χ0v) is 21.4. The van der Waals surface area contributed by atoms with E-state index >= 15 is 0 Å². The summed E-state index contributed by atoms with van der Waals surface area (Å²) in [5, 5.41) is 11.6. The molecule has 2 aromatic carbocycles. The highest BCUT2D eigenvalue weighted by molar-refractivity contribution is 7.18. The summed E-state index contributed by atoms with van der Waals surface area (Å²) >= 11 is 1.07. The highest BCUT2D eigenvalue weighted by Crippen LogP contribution is 2.44. The lowest BCUT2D eigenvalue weighted by Crippen LogP contribution is -2.29. The van der Waals surface area contributed by atoms with E-state index in [0.717, 1.165) is 28.2 Å². The molecule has 1 saturated heterocycles. The van der Waals surface area contributed by atoms with Gasteiger partial charge < -0.3 is 10.0 Å². The maximum Gasteiger partial charge on any atom is 0.301 e. The molecular formula is C27H27N3O4S. The molecule has 1 unspecified atom stereocenters. The van der Waals surface area contributed by atoms with Gasteiger partial charge in [0.15, 0.2) is 10.9 Å². The molecule has 2 heterocycles. The fourth-order valence-electron chi connectivity index (χ4n) is 4.25. The summed E-state index contributed by atoms with van der Waals surface area (Å²) in [6.45, 7) is 6.88. The minimum Gasteiger partial charge on any atom is -0.507 e. The number of hydrogen-bond donors (Lipinski definition) is 1. The predicted molar refractivity (Wildman–Crippen MR) is 138 cm³/mol. The van der Waals surface area contributed by atoms with Crippen molar-refractivity contribution in [3.05, 3.63) is 80.9 Å². The lowest BCUT2D eigenvalue weighted by atomic mass is 9.93. The van der Waals surface area contributed by atoms with Gasteiger partial charge in [-0.05, 0) is 50.1 Å². The predicted octanol–water partition coefficient (Wildman–Crippen LogP) is 4.96. The van der Waals surface area contributed by atoms with Crippen LogP contribution in [-0.4, -0.2) is 41.7 Å². The van der Waals surface area contributed by atoms with Crippen molar-refractivity contribution in [2.75, 3.05) is 23.9 Å². The van der Waals surface area contributed by atoms with Crippen molar-refractivity contribution in [2.45, 2.75) is 33.7 Å². The average Bonchev–Trinajstić information content (AvgIpc) is 3.32. The Morgan fingerprint density at radius 2 is 1.71 bits per heavy atom. The van der Waals surface area contributed by atoms with Crippen molar-refractivity contribution < 1.29 is 19.5 Å². The molecule has 35 heavy (non-hydrogen) atoms. The number of aryl methyl sites for hydroxylation is 3. The fraction of sp³-hybridized carbons (Fsp3) is 0.259. The first-order valence-corrected chi connectivity index (χ1v) is 12.0. The quantitative estimate of drug-likeness (QED) is 0.236. The Morgan fingerprint density at radius 1 is 1.06 bits per heavy atom. The Hall–Kier alpha value is -3.78. The summed E-state index contributed by atoms with van der Waals surface area (Å²) in [5.41, 5.74) is 4.29. The van der Waals surface area contributed by atoms with Crippen molar-refractivity contribution in [3.8, 4) is 0 Å². The third kappa shape index (κ3) is 4.25. The van der Waals surface area contributed by atoms with Gasteiger partial charge in [0.25, 0.3) is 5.78 Å². The minimum atomic E-state index is -0.892. The SMILES string of the molecule is CC(=O)c1sc(N2C(=O)C(=O)/C(=C(/O)c3cc(C)ccc3C)C2c2ccc(N(C)C)cc2)nc1C. The molecule has 180 valence electrons. The second-order valence-electron chi connectivity index (χ2n) is 8.94. The number of hydrogen-bond acceptors (Lipinski definition) is 7. The van der Waals surface area contributed by atoms with E-state index in [1.54, 1.807) is 13.0 Å². The standard InChI is InChI=1S/C27H27N3O4S/c1-14-7-8-15(2)20(13-14)23(32)21-22(18-9-11-19(12-10-18)29(5)6)30(26(34)24(21)33)27-28-16(3)25(35-27)17(4)31/h7-13,22,32H,1-6H3/b23-21+. The van der Waals surface area contributed by atoms with Gasteiger partial charge >= 0.3 is 5.91 Å². The molecule has 0 spiro atoms. The summed E-state index contributed by atoms with van der Waals surface area (Å²) in [6.07, 6.45) is 0. The first-order chi connectivity index (χ1) is 16.5. The molecule has 3 aromatic rings. The van der Waals surface area contributed by atoms with Crippen LogP contribution in [0, 0.1) is 20.8 Å². The highest BCUT2D eigenvalue weighted by Gasteiger charge is 2.48. The third-order valence-electron chi connectivity index (χ3n) is 6.13. The Bertz CT molecular complexity index is 1390. The number of carbonyl (C=O) groups is 3. The minimum absolute atomic E-state index is 0.00136. The number of nitrogens with zero attached hydrogens (tertiary/aromatic N) is 3. The number of anilines is 2. The Labute approximate surface area is 208 Å². The molecule has 1 aliphatic rings.